The fraction of sp³-hybridized carbons (Fsp3) is 0.312. The summed E-state index contributed by atoms with van der Waals surface area (Å²) in [5.74, 6) is -2.37. The summed E-state index contributed by atoms with van der Waals surface area (Å²) in [5.41, 5.74) is 6.56. The van der Waals surface area contributed by atoms with E-state index in [2.05, 4.69) is 5.32 Å². The summed E-state index contributed by atoms with van der Waals surface area (Å²) in [4.78, 5) is 53.2. The second-order valence-electron chi connectivity index (χ2n) is 11.2. The Bertz CT molecular complexity index is 1420. The number of carboxylic acids is 1. The predicted octanol–water partition coefficient (Wildman–Crippen LogP) is 4.96. The predicted molar refractivity (Wildman–Crippen MR) is 154 cm³/mol. The van der Waals surface area contributed by atoms with Crippen LogP contribution < -0.4 is 11.1 Å². The minimum Gasteiger partial charge on any atom is -0.478 e. The molecule has 3 aromatic carbocycles. The molecule has 4 N–H and O–H groups in total. The molecule has 3 amide bonds. The zero-order valence-electron chi connectivity index (χ0n) is 23.4. The largest absolute Gasteiger partial charge is 0.478 e. The molecule has 1 aliphatic rings. The summed E-state index contributed by atoms with van der Waals surface area (Å²) in [6.45, 7) is 5.31. The number of hydrogen-bond acceptors (Lipinski definition) is 5. The number of nitrogens with one attached hydrogen (secondary N) is 1. The molecule has 214 valence electrons. The Labute approximate surface area is 239 Å². The van der Waals surface area contributed by atoms with Gasteiger partial charge >= 0.3 is 18.0 Å². The summed E-state index contributed by atoms with van der Waals surface area (Å²) in [7, 11) is 0. The highest BCUT2D eigenvalue weighted by Crippen LogP contribution is 2.44. The average molecular weight is 558 g/mol. The number of hydrogen-bond donors (Lipinski definition) is 3. The maximum absolute atomic E-state index is 14.3. The van der Waals surface area contributed by atoms with Gasteiger partial charge in [0.05, 0.1) is 18.0 Å². The van der Waals surface area contributed by atoms with E-state index in [-0.39, 0.29) is 29.2 Å². The molecule has 9 heteroatoms. The molecule has 0 saturated carbocycles. The van der Waals surface area contributed by atoms with Gasteiger partial charge in [-0.05, 0) is 68.4 Å². The maximum Gasteiger partial charge on any atom is 0.336 e. The van der Waals surface area contributed by atoms with Gasteiger partial charge in [-0.3, -0.25) is 4.79 Å². The zero-order valence-corrected chi connectivity index (χ0v) is 23.4. The van der Waals surface area contributed by atoms with Gasteiger partial charge in [0.25, 0.3) is 0 Å². The van der Waals surface area contributed by atoms with Crippen molar-refractivity contribution in [2.75, 3.05) is 5.32 Å². The molecule has 0 bridgehead atoms. The van der Waals surface area contributed by atoms with Crippen molar-refractivity contribution in [1.29, 1.82) is 0 Å². The van der Waals surface area contributed by atoms with Crippen molar-refractivity contribution in [1.82, 2.24) is 4.90 Å². The maximum atomic E-state index is 14.3. The number of carboxylic acid groups (broad SMARTS) is 1. The topological polar surface area (TPSA) is 139 Å². The first kappa shape index (κ1) is 29.3. The monoisotopic (exact) mass is 557 g/mol. The van der Waals surface area contributed by atoms with Crippen LogP contribution in [0, 0.1) is 5.92 Å². The number of nitrogens with two attached hydrogens (primary N) is 1. The Balaban J connectivity index is 1.80. The standard InChI is InChI=1S/C32H35N3O6/c1-32(2,3)41-30(39)26-18-22(17-20-11-6-4-7-12-20)28(21-13-8-5-9-14-21)35(26)27(36)19-24-23(29(37)38)15-10-16-25(24)34-31(33)40/h4-16,22,26,28H,17-19H2,1-3H3,(H,37,38)(H3,33,34,40). The quantitative estimate of drug-likeness (QED) is 0.335. The van der Waals surface area contributed by atoms with Crippen LogP contribution in [0.3, 0.4) is 0 Å². The van der Waals surface area contributed by atoms with Crippen LogP contribution in [0.5, 0.6) is 0 Å². The number of primary amides is 1. The van der Waals surface area contributed by atoms with E-state index in [0.29, 0.717) is 12.8 Å². The third kappa shape index (κ3) is 7.11. The van der Waals surface area contributed by atoms with Gasteiger partial charge in [-0.25, -0.2) is 14.4 Å². The van der Waals surface area contributed by atoms with Gasteiger partial charge in [0.15, 0.2) is 0 Å². The number of amides is 3. The first-order chi connectivity index (χ1) is 19.4. The van der Waals surface area contributed by atoms with E-state index in [1.54, 1.807) is 25.7 Å². The first-order valence-electron chi connectivity index (χ1n) is 13.5. The molecule has 0 aliphatic carbocycles. The highest BCUT2D eigenvalue weighted by molar-refractivity contribution is 5.98. The molecule has 0 radical (unpaired) electrons. The smallest absolute Gasteiger partial charge is 0.336 e. The number of ether oxygens (including phenoxy) is 1. The van der Waals surface area contributed by atoms with Crippen LogP contribution in [-0.4, -0.2) is 45.5 Å². The third-order valence-electron chi connectivity index (χ3n) is 7.05. The number of urea groups is 1. The second kappa shape index (κ2) is 12.2. The van der Waals surface area contributed by atoms with Crippen LogP contribution in [0.4, 0.5) is 10.5 Å². The number of anilines is 1. The second-order valence-corrected chi connectivity index (χ2v) is 11.2. The Morgan fingerprint density at radius 1 is 0.951 bits per heavy atom. The molecule has 1 aliphatic heterocycles. The summed E-state index contributed by atoms with van der Waals surface area (Å²) in [5, 5.41) is 12.3. The van der Waals surface area contributed by atoms with Crippen molar-refractivity contribution in [3.8, 4) is 0 Å². The van der Waals surface area contributed by atoms with Crippen LogP contribution in [0.1, 0.15) is 60.3 Å². The van der Waals surface area contributed by atoms with Crippen LogP contribution >= 0.6 is 0 Å². The summed E-state index contributed by atoms with van der Waals surface area (Å²) in [6, 6.07) is 21.4. The van der Waals surface area contributed by atoms with Gasteiger partial charge in [-0.2, -0.15) is 0 Å². The Kier molecular flexibility index (Phi) is 8.76. The Morgan fingerprint density at radius 3 is 2.17 bits per heavy atom. The Hall–Kier alpha value is -4.66. The summed E-state index contributed by atoms with van der Waals surface area (Å²) >= 11 is 0. The lowest BCUT2D eigenvalue weighted by molar-refractivity contribution is -0.164. The number of nitrogens with zero attached hydrogens (tertiary/aromatic N) is 1. The number of likely N-dealkylation sites (tertiary alicyclic amines) is 1. The van der Waals surface area contributed by atoms with Crippen molar-refractivity contribution >= 4 is 29.6 Å². The molecule has 3 aromatic rings. The average Bonchev–Trinajstić information content (AvgIpc) is 3.28. The molecule has 9 nitrogen and oxygen atoms in total. The van der Waals surface area contributed by atoms with E-state index in [1.165, 1.54) is 18.2 Å². The molecule has 0 spiro atoms. The molecule has 1 saturated heterocycles. The zero-order chi connectivity index (χ0) is 29.7. The van der Waals surface area contributed by atoms with Gasteiger partial charge in [0.2, 0.25) is 5.91 Å². The fourth-order valence-corrected chi connectivity index (χ4v) is 5.52. The van der Waals surface area contributed by atoms with Crippen LogP contribution in [0.2, 0.25) is 0 Å². The minimum absolute atomic E-state index is 0.102. The molecule has 3 unspecified atom stereocenters. The third-order valence-corrected chi connectivity index (χ3v) is 7.05. The number of carbonyl (C=O) groups is 4. The van der Waals surface area contributed by atoms with Gasteiger partial charge in [-0.1, -0.05) is 66.7 Å². The SMILES string of the molecule is CC(C)(C)OC(=O)C1CC(Cc2ccccc2)C(c2ccccc2)N1C(=O)Cc1c(NC(N)=O)cccc1C(=O)O. The van der Waals surface area contributed by atoms with E-state index in [1.807, 2.05) is 60.7 Å². The molecular formula is C32H35N3O6. The van der Waals surface area contributed by atoms with Gasteiger partial charge in [0, 0.05) is 5.69 Å². The van der Waals surface area contributed by atoms with Crippen molar-refractivity contribution in [2.45, 2.75) is 57.7 Å². The van der Waals surface area contributed by atoms with Gasteiger partial charge in [0.1, 0.15) is 11.6 Å². The fourth-order valence-electron chi connectivity index (χ4n) is 5.52. The summed E-state index contributed by atoms with van der Waals surface area (Å²) < 4.78 is 5.77. The highest BCUT2D eigenvalue weighted by Gasteiger charge is 2.48. The first-order valence-corrected chi connectivity index (χ1v) is 13.5. The number of rotatable bonds is 8. The molecule has 1 fully saturated rings. The minimum atomic E-state index is -1.26. The van der Waals surface area contributed by atoms with Gasteiger partial charge in [-0.15, -0.1) is 0 Å². The van der Waals surface area contributed by atoms with Crippen LogP contribution in [-0.2, 0) is 27.2 Å². The molecular weight excluding hydrogens is 522 g/mol. The van der Waals surface area contributed by atoms with Crippen molar-refractivity contribution < 1.29 is 29.0 Å². The van der Waals surface area contributed by atoms with E-state index in [0.717, 1.165) is 11.1 Å². The van der Waals surface area contributed by atoms with E-state index >= 15 is 0 Å². The number of carbonyl (C=O) groups excluding carboxylic acids is 3. The van der Waals surface area contributed by atoms with Crippen molar-refractivity contribution in [2.24, 2.45) is 11.7 Å². The highest BCUT2D eigenvalue weighted by atomic mass is 16.6. The molecule has 0 aromatic heterocycles. The lowest BCUT2D eigenvalue weighted by atomic mass is 9.87. The van der Waals surface area contributed by atoms with E-state index in [9.17, 15) is 24.3 Å². The lowest BCUT2D eigenvalue weighted by Crippen LogP contribution is -2.45. The van der Waals surface area contributed by atoms with Crippen molar-refractivity contribution in [3.63, 3.8) is 0 Å². The summed E-state index contributed by atoms with van der Waals surface area (Å²) in [6.07, 6.45) is 0.602. The molecule has 4 rings (SSSR count). The number of aromatic carboxylic acids is 1. The lowest BCUT2D eigenvalue weighted by Gasteiger charge is -2.33. The molecule has 3 atom stereocenters. The molecule has 41 heavy (non-hydrogen) atoms. The van der Waals surface area contributed by atoms with Crippen LogP contribution in [0.15, 0.2) is 78.9 Å². The Morgan fingerprint density at radius 2 is 1.59 bits per heavy atom. The van der Waals surface area contributed by atoms with Gasteiger partial charge < -0.3 is 25.8 Å². The van der Waals surface area contributed by atoms with Crippen molar-refractivity contribution in [3.05, 3.63) is 101 Å². The van der Waals surface area contributed by atoms with Crippen LogP contribution in [0.25, 0.3) is 0 Å². The molecule has 1 heterocycles. The van der Waals surface area contributed by atoms with E-state index in [4.69, 9.17) is 10.5 Å². The normalized spacial score (nSPS) is 18.5. The number of esters is 1. The van der Waals surface area contributed by atoms with E-state index < -0.39 is 41.6 Å². The number of benzene rings is 3.